The van der Waals surface area contributed by atoms with E-state index in [2.05, 4.69) is 0 Å². The summed E-state index contributed by atoms with van der Waals surface area (Å²) in [6.07, 6.45) is 0. The van der Waals surface area contributed by atoms with Crippen LogP contribution in [0.4, 0.5) is 8.78 Å². The van der Waals surface area contributed by atoms with E-state index < -0.39 is 12.5 Å². The number of hydrogen-bond donors (Lipinski definition) is 1. The number of benzene rings is 2. The van der Waals surface area contributed by atoms with Crippen molar-refractivity contribution in [2.24, 2.45) is 0 Å². The summed E-state index contributed by atoms with van der Waals surface area (Å²) in [6.45, 7) is 0.760. The van der Waals surface area contributed by atoms with Crippen molar-refractivity contribution in [3.05, 3.63) is 59.7 Å². The Morgan fingerprint density at radius 3 is 2.44 bits per heavy atom. The van der Waals surface area contributed by atoms with Gasteiger partial charge in [-0.15, -0.1) is 0 Å². The Morgan fingerprint density at radius 2 is 1.78 bits per heavy atom. The molecule has 0 amide bonds. The molecule has 0 radical (unpaired) electrons. The molecular formula is C15H14F2O. The first-order chi connectivity index (χ1) is 8.54. The highest BCUT2D eigenvalue weighted by Crippen LogP contribution is 2.31. The maximum atomic E-state index is 13.4. The first kappa shape index (κ1) is 12.7. The van der Waals surface area contributed by atoms with Crippen LogP contribution < -0.4 is 0 Å². The van der Waals surface area contributed by atoms with Crippen molar-refractivity contribution in [2.45, 2.75) is 12.8 Å². The zero-order valence-corrected chi connectivity index (χ0v) is 10.0. The van der Waals surface area contributed by atoms with Crippen LogP contribution in [0, 0.1) is 6.92 Å². The van der Waals surface area contributed by atoms with E-state index in [9.17, 15) is 8.78 Å². The fraction of sp³-hybridized carbons (Fsp3) is 0.200. The van der Waals surface area contributed by atoms with Crippen LogP contribution in [0.5, 0.6) is 0 Å². The molecule has 0 unspecified atom stereocenters. The van der Waals surface area contributed by atoms with Gasteiger partial charge < -0.3 is 5.11 Å². The molecule has 0 fully saturated rings. The molecule has 2 aromatic carbocycles. The van der Waals surface area contributed by atoms with Crippen LogP contribution >= 0.6 is 0 Å². The standard InChI is InChI=1S/C15H14F2O/c1-11-5-2-3-8-14(11)12-6-4-7-13(9-12)15(16,17)10-18/h2-9,18H,10H2,1H3. The lowest BCUT2D eigenvalue weighted by molar-refractivity contribution is -0.0555. The topological polar surface area (TPSA) is 20.2 Å². The van der Waals surface area contributed by atoms with Gasteiger partial charge in [0.2, 0.25) is 0 Å². The molecule has 0 aliphatic rings. The minimum absolute atomic E-state index is 0.161. The van der Waals surface area contributed by atoms with Gasteiger partial charge in [0.05, 0.1) is 0 Å². The zero-order valence-electron chi connectivity index (χ0n) is 10.0. The fourth-order valence-electron chi connectivity index (χ4n) is 1.90. The van der Waals surface area contributed by atoms with Crippen molar-refractivity contribution < 1.29 is 13.9 Å². The van der Waals surface area contributed by atoms with E-state index in [4.69, 9.17) is 5.11 Å². The van der Waals surface area contributed by atoms with Crippen LogP contribution in [-0.4, -0.2) is 11.7 Å². The normalized spacial score (nSPS) is 11.6. The first-order valence-electron chi connectivity index (χ1n) is 5.70. The summed E-state index contributed by atoms with van der Waals surface area (Å²) in [4.78, 5) is 0. The smallest absolute Gasteiger partial charge is 0.295 e. The van der Waals surface area contributed by atoms with Gasteiger partial charge in [-0.2, -0.15) is 8.78 Å². The third-order valence-electron chi connectivity index (χ3n) is 2.94. The van der Waals surface area contributed by atoms with Gasteiger partial charge in [-0.05, 0) is 29.7 Å². The van der Waals surface area contributed by atoms with Crippen LogP contribution in [0.3, 0.4) is 0 Å². The molecule has 2 rings (SSSR count). The first-order valence-corrected chi connectivity index (χ1v) is 5.70. The highest BCUT2D eigenvalue weighted by atomic mass is 19.3. The van der Waals surface area contributed by atoms with Gasteiger partial charge in [-0.1, -0.05) is 42.5 Å². The molecule has 1 N–H and O–H groups in total. The van der Waals surface area contributed by atoms with E-state index in [-0.39, 0.29) is 5.56 Å². The summed E-state index contributed by atoms with van der Waals surface area (Å²) in [5.41, 5.74) is 2.53. The van der Waals surface area contributed by atoms with Crippen LogP contribution in [0.2, 0.25) is 0 Å². The molecule has 18 heavy (non-hydrogen) atoms. The van der Waals surface area contributed by atoms with Crippen molar-refractivity contribution in [1.82, 2.24) is 0 Å². The van der Waals surface area contributed by atoms with Crippen LogP contribution in [0.25, 0.3) is 11.1 Å². The molecule has 94 valence electrons. The Bertz CT molecular complexity index is 550. The summed E-state index contributed by atoms with van der Waals surface area (Å²) >= 11 is 0. The van der Waals surface area contributed by atoms with Gasteiger partial charge >= 0.3 is 0 Å². The summed E-state index contributed by atoms with van der Waals surface area (Å²) in [6, 6.07) is 13.7. The van der Waals surface area contributed by atoms with Gasteiger partial charge in [0.15, 0.2) is 0 Å². The Morgan fingerprint density at radius 1 is 1.06 bits per heavy atom. The summed E-state index contributed by atoms with van der Waals surface area (Å²) in [7, 11) is 0. The third kappa shape index (κ3) is 2.41. The van der Waals surface area contributed by atoms with Crippen molar-refractivity contribution in [3.63, 3.8) is 0 Å². The number of aliphatic hydroxyl groups is 1. The Balaban J connectivity index is 2.49. The van der Waals surface area contributed by atoms with Gasteiger partial charge in [0.1, 0.15) is 6.61 Å². The second-order valence-corrected chi connectivity index (χ2v) is 4.26. The van der Waals surface area contributed by atoms with E-state index in [1.165, 1.54) is 12.1 Å². The minimum atomic E-state index is -3.20. The number of hydrogen-bond acceptors (Lipinski definition) is 1. The molecule has 3 heteroatoms. The highest BCUT2D eigenvalue weighted by Gasteiger charge is 2.30. The molecule has 0 aliphatic heterocycles. The predicted octanol–water partition coefficient (Wildman–Crippen LogP) is 3.75. The van der Waals surface area contributed by atoms with Crippen LogP contribution in [-0.2, 0) is 5.92 Å². The monoisotopic (exact) mass is 248 g/mol. The van der Waals surface area contributed by atoms with E-state index in [0.717, 1.165) is 16.7 Å². The number of aryl methyl sites for hydroxylation is 1. The van der Waals surface area contributed by atoms with Gasteiger partial charge in [-0.3, -0.25) is 0 Å². The Hall–Kier alpha value is -1.74. The molecule has 1 nitrogen and oxygen atoms in total. The SMILES string of the molecule is Cc1ccccc1-c1cccc(C(F)(F)CO)c1. The molecule has 0 bridgehead atoms. The zero-order chi connectivity index (χ0) is 13.2. The maximum absolute atomic E-state index is 13.4. The second kappa shape index (κ2) is 4.86. The molecule has 0 saturated carbocycles. The van der Waals surface area contributed by atoms with Crippen molar-refractivity contribution in [2.75, 3.05) is 6.61 Å². The Labute approximate surface area is 105 Å². The van der Waals surface area contributed by atoms with E-state index in [1.807, 2.05) is 31.2 Å². The van der Waals surface area contributed by atoms with E-state index in [0.29, 0.717) is 0 Å². The molecule has 2 aromatic rings. The summed E-state index contributed by atoms with van der Waals surface area (Å²) < 4.78 is 26.9. The number of aliphatic hydroxyl groups excluding tert-OH is 1. The molecule has 0 saturated heterocycles. The molecule has 0 aliphatic carbocycles. The van der Waals surface area contributed by atoms with Gasteiger partial charge in [0.25, 0.3) is 5.92 Å². The molecule has 0 aromatic heterocycles. The fourth-order valence-corrected chi connectivity index (χ4v) is 1.90. The van der Waals surface area contributed by atoms with Crippen LogP contribution in [0.15, 0.2) is 48.5 Å². The molecule has 0 spiro atoms. The summed E-state index contributed by atoms with van der Waals surface area (Å²) in [5, 5.41) is 8.71. The average molecular weight is 248 g/mol. The third-order valence-corrected chi connectivity index (χ3v) is 2.94. The Kier molecular flexibility index (Phi) is 3.43. The van der Waals surface area contributed by atoms with Gasteiger partial charge in [-0.25, -0.2) is 0 Å². The lowest BCUT2D eigenvalue weighted by atomic mass is 9.97. The lowest BCUT2D eigenvalue weighted by Crippen LogP contribution is -2.18. The predicted molar refractivity (Wildman–Crippen MR) is 67.6 cm³/mol. The minimum Gasteiger partial charge on any atom is -0.390 e. The quantitative estimate of drug-likeness (QED) is 0.877. The molecule has 0 heterocycles. The van der Waals surface area contributed by atoms with Gasteiger partial charge in [0, 0.05) is 5.56 Å². The summed E-state index contributed by atoms with van der Waals surface area (Å²) in [5.74, 6) is -3.20. The molecular weight excluding hydrogens is 234 g/mol. The van der Waals surface area contributed by atoms with Crippen LogP contribution in [0.1, 0.15) is 11.1 Å². The second-order valence-electron chi connectivity index (χ2n) is 4.26. The van der Waals surface area contributed by atoms with Crippen molar-refractivity contribution >= 4 is 0 Å². The number of alkyl halides is 2. The van der Waals surface area contributed by atoms with Crippen molar-refractivity contribution in [3.8, 4) is 11.1 Å². The number of halogens is 2. The van der Waals surface area contributed by atoms with Crippen molar-refractivity contribution in [1.29, 1.82) is 0 Å². The average Bonchev–Trinajstić information content (AvgIpc) is 2.39. The molecule has 0 atom stereocenters. The highest BCUT2D eigenvalue weighted by molar-refractivity contribution is 5.67. The number of rotatable bonds is 3. The van der Waals surface area contributed by atoms with E-state index in [1.54, 1.807) is 12.1 Å². The largest absolute Gasteiger partial charge is 0.390 e. The van der Waals surface area contributed by atoms with E-state index >= 15 is 0 Å². The maximum Gasteiger partial charge on any atom is 0.295 e. The lowest BCUT2D eigenvalue weighted by Gasteiger charge is -2.15.